The summed E-state index contributed by atoms with van der Waals surface area (Å²) >= 11 is 7.49. The Bertz CT molecular complexity index is 507. The maximum atomic E-state index is 5.86. The van der Waals surface area contributed by atoms with E-state index in [0.717, 1.165) is 40.2 Å². The van der Waals surface area contributed by atoms with Crippen LogP contribution in [0.15, 0.2) is 50.8 Å². The van der Waals surface area contributed by atoms with Crippen LogP contribution in [0.4, 0.5) is 0 Å². The first-order chi connectivity index (χ1) is 9.13. The smallest absolute Gasteiger partial charge is 0.165 e. The summed E-state index contributed by atoms with van der Waals surface area (Å²) in [5.74, 6) is 1.05. The summed E-state index contributed by atoms with van der Waals surface area (Å²) in [6.07, 6.45) is 2.10. The zero-order chi connectivity index (χ0) is 13.7. The van der Waals surface area contributed by atoms with Gasteiger partial charge in [-0.25, -0.2) is 0 Å². The molecule has 0 radical (unpaired) electrons. The van der Waals surface area contributed by atoms with E-state index in [4.69, 9.17) is 16.0 Å². The molecule has 2 aromatic rings. The predicted molar refractivity (Wildman–Crippen MR) is 81.2 cm³/mol. The molecule has 0 saturated carbocycles. The van der Waals surface area contributed by atoms with E-state index >= 15 is 0 Å². The highest BCUT2D eigenvalue weighted by Crippen LogP contribution is 2.30. The standard InChI is InChI=1S/C15H18ClNOS/c1-17(2)11-3-4-13-7-10-15(18-13)19-14-8-5-12(16)6-9-14/h5-10H,3-4,11H2,1-2H3. The third-order valence-electron chi connectivity index (χ3n) is 2.70. The van der Waals surface area contributed by atoms with Gasteiger partial charge in [-0.05, 0) is 63.5 Å². The van der Waals surface area contributed by atoms with E-state index in [0.29, 0.717) is 0 Å². The molecule has 1 aromatic heterocycles. The van der Waals surface area contributed by atoms with Crippen molar-refractivity contribution in [3.63, 3.8) is 0 Å². The van der Waals surface area contributed by atoms with E-state index in [1.165, 1.54) is 0 Å². The van der Waals surface area contributed by atoms with Crippen LogP contribution in [0, 0.1) is 0 Å². The molecule has 0 aliphatic rings. The maximum absolute atomic E-state index is 5.86. The minimum Gasteiger partial charge on any atom is -0.455 e. The van der Waals surface area contributed by atoms with Crippen molar-refractivity contribution in [3.05, 3.63) is 47.2 Å². The molecule has 0 N–H and O–H groups in total. The predicted octanol–water partition coefficient (Wildman–Crippen LogP) is 4.58. The molecule has 4 heteroatoms. The van der Waals surface area contributed by atoms with E-state index < -0.39 is 0 Å². The Morgan fingerprint density at radius 3 is 2.53 bits per heavy atom. The topological polar surface area (TPSA) is 16.4 Å². The van der Waals surface area contributed by atoms with Gasteiger partial charge in [-0.15, -0.1) is 0 Å². The third kappa shape index (κ3) is 4.94. The fourth-order valence-electron chi connectivity index (χ4n) is 1.74. The molecule has 1 heterocycles. The molecule has 1 aromatic carbocycles. The number of benzene rings is 1. The molecule has 2 rings (SSSR count). The first kappa shape index (κ1) is 14.5. The van der Waals surface area contributed by atoms with E-state index in [2.05, 4.69) is 25.1 Å². The van der Waals surface area contributed by atoms with Gasteiger partial charge < -0.3 is 9.32 Å². The van der Waals surface area contributed by atoms with Gasteiger partial charge in [0.15, 0.2) is 5.09 Å². The highest BCUT2D eigenvalue weighted by Gasteiger charge is 2.04. The number of furan rings is 1. The zero-order valence-corrected chi connectivity index (χ0v) is 12.8. The number of nitrogens with zero attached hydrogens (tertiary/aromatic N) is 1. The Hall–Kier alpha value is -0.900. The minimum atomic E-state index is 0.758. The van der Waals surface area contributed by atoms with Crippen LogP contribution in [-0.2, 0) is 6.42 Å². The molecule has 0 aliphatic heterocycles. The van der Waals surface area contributed by atoms with Gasteiger partial charge in [-0.3, -0.25) is 0 Å². The van der Waals surface area contributed by atoms with Crippen molar-refractivity contribution in [2.45, 2.75) is 22.8 Å². The maximum Gasteiger partial charge on any atom is 0.165 e. The van der Waals surface area contributed by atoms with Crippen LogP contribution in [0.25, 0.3) is 0 Å². The second-order valence-corrected chi connectivity index (χ2v) is 6.20. The summed E-state index contributed by atoms with van der Waals surface area (Å²) in [6, 6.07) is 11.9. The molecule has 0 fully saturated rings. The fourth-order valence-corrected chi connectivity index (χ4v) is 2.65. The number of aryl methyl sites for hydroxylation is 1. The van der Waals surface area contributed by atoms with E-state index in [1.54, 1.807) is 11.8 Å². The molecule has 0 bridgehead atoms. The van der Waals surface area contributed by atoms with Gasteiger partial charge in [0.05, 0.1) is 0 Å². The lowest BCUT2D eigenvalue weighted by atomic mass is 10.2. The Morgan fingerprint density at radius 1 is 1.11 bits per heavy atom. The lowest BCUT2D eigenvalue weighted by Gasteiger charge is -2.07. The van der Waals surface area contributed by atoms with Crippen LogP contribution in [0.3, 0.4) is 0 Å². The van der Waals surface area contributed by atoms with Crippen molar-refractivity contribution in [1.29, 1.82) is 0 Å². The average molecular weight is 296 g/mol. The lowest BCUT2D eigenvalue weighted by Crippen LogP contribution is -2.13. The molecule has 2 nitrogen and oxygen atoms in total. The molecular weight excluding hydrogens is 278 g/mol. The minimum absolute atomic E-state index is 0.758. The summed E-state index contributed by atoms with van der Waals surface area (Å²) in [5, 5.41) is 1.69. The van der Waals surface area contributed by atoms with Gasteiger partial charge in [0.25, 0.3) is 0 Å². The molecule has 0 amide bonds. The molecule has 102 valence electrons. The van der Waals surface area contributed by atoms with Gasteiger partial charge in [-0.2, -0.15) is 0 Å². The van der Waals surface area contributed by atoms with E-state index in [9.17, 15) is 0 Å². The van der Waals surface area contributed by atoms with Crippen molar-refractivity contribution < 1.29 is 4.42 Å². The summed E-state index contributed by atoms with van der Waals surface area (Å²) < 4.78 is 5.81. The van der Waals surface area contributed by atoms with Crippen molar-refractivity contribution in [3.8, 4) is 0 Å². The lowest BCUT2D eigenvalue weighted by molar-refractivity contribution is 0.378. The van der Waals surface area contributed by atoms with E-state index in [1.807, 2.05) is 30.3 Å². The van der Waals surface area contributed by atoms with Gasteiger partial charge in [-0.1, -0.05) is 23.4 Å². The second-order valence-electron chi connectivity index (χ2n) is 4.68. The Balaban J connectivity index is 1.88. The van der Waals surface area contributed by atoms with Crippen LogP contribution in [0.5, 0.6) is 0 Å². The molecule has 19 heavy (non-hydrogen) atoms. The molecule has 0 aliphatic carbocycles. The second kappa shape index (κ2) is 7.04. The number of rotatable bonds is 6. The summed E-state index contributed by atoms with van der Waals surface area (Å²) in [7, 11) is 4.17. The number of hydrogen-bond donors (Lipinski definition) is 0. The first-order valence-corrected chi connectivity index (χ1v) is 7.50. The zero-order valence-electron chi connectivity index (χ0n) is 11.2. The third-order valence-corrected chi connectivity index (χ3v) is 3.88. The highest BCUT2D eigenvalue weighted by atomic mass is 35.5. The van der Waals surface area contributed by atoms with Crippen LogP contribution >= 0.6 is 23.4 Å². The Kier molecular flexibility index (Phi) is 5.37. The van der Waals surface area contributed by atoms with Crippen molar-refractivity contribution in [2.75, 3.05) is 20.6 Å². The highest BCUT2D eigenvalue weighted by molar-refractivity contribution is 7.99. The molecule has 0 spiro atoms. The van der Waals surface area contributed by atoms with Crippen molar-refractivity contribution >= 4 is 23.4 Å². The summed E-state index contributed by atoms with van der Waals surface area (Å²) in [4.78, 5) is 3.32. The average Bonchev–Trinajstić information content (AvgIpc) is 2.79. The molecular formula is C15H18ClNOS. The van der Waals surface area contributed by atoms with Gasteiger partial charge in [0, 0.05) is 16.3 Å². The Morgan fingerprint density at radius 2 is 1.84 bits per heavy atom. The van der Waals surface area contributed by atoms with Gasteiger partial charge >= 0.3 is 0 Å². The van der Waals surface area contributed by atoms with Gasteiger partial charge in [0.2, 0.25) is 0 Å². The van der Waals surface area contributed by atoms with Gasteiger partial charge in [0.1, 0.15) is 5.76 Å². The van der Waals surface area contributed by atoms with Crippen LogP contribution in [0.1, 0.15) is 12.2 Å². The van der Waals surface area contributed by atoms with Crippen LogP contribution in [-0.4, -0.2) is 25.5 Å². The molecule has 0 unspecified atom stereocenters. The van der Waals surface area contributed by atoms with E-state index in [-0.39, 0.29) is 0 Å². The quantitative estimate of drug-likeness (QED) is 0.776. The Labute approximate surface area is 123 Å². The van der Waals surface area contributed by atoms with Crippen LogP contribution < -0.4 is 0 Å². The van der Waals surface area contributed by atoms with Crippen LogP contribution in [0.2, 0.25) is 5.02 Å². The fraction of sp³-hybridized carbons (Fsp3) is 0.333. The monoisotopic (exact) mass is 295 g/mol. The number of hydrogen-bond acceptors (Lipinski definition) is 3. The molecule has 0 saturated heterocycles. The number of halogens is 1. The SMILES string of the molecule is CN(C)CCCc1ccc(Sc2ccc(Cl)cc2)o1. The first-order valence-electron chi connectivity index (χ1n) is 6.30. The van der Waals surface area contributed by atoms with Crippen molar-refractivity contribution in [2.24, 2.45) is 0 Å². The molecule has 0 atom stereocenters. The van der Waals surface area contributed by atoms with Crippen molar-refractivity contribution in [1.82, 2.24) is 4.90 Å². The summed E-state index contributed by atoms with van der Waals surface area (Å²) in [5.41, 5.74) is 0. The largest absolute Gasteiger partial charge is 0.455 e. The summed E-state index contributed by atoms with van der Waals surface area (Å²) in [6.45, 7) is 1.08. The normalized spacial score (nSPS) is 11.2.